The Morgan fingerprint density at radius 3 is 1.55 bits per heavy atom. The molecule has 0 unspecified atom stereocenters. The van der Waals surface area contributed by atoms with E-state index in [2.05, 4.69) is 38.3 Å². The summed E-state index contributed by atoms with van der Waals surface area (Å²) in [6.45, 7) is 16.7. The van der Waals surface area contributed by atoms with Crippen LogP contribution in [0.2, 0.25) is 0 Å². The fraction of sp³-hybridized carbons (Fsp3) is 0.893. The van der Waals surface area contributed by atoms with Crippen LogP contribution in [0.5, 0.6) is 0 Å². The summed E-state index contributed by atoms with van der Waals surface area (Å²) in [6, 6.07) is 0. The zero-order valence-corrected chi connectivity index (χ0v) is 24.7. The van der Waals surface area contributed by atoms with Crippen molar-refractivity contribution in [3.05, 3.63) is 0 Å². The van der Waals surface area contributed by atoms with E-state index in [1.807, 2.05) is 11.8 Å². The smallest absolute Gasteiger partial charge is 0.223 e. The molecule has 0 aromatic heterocycles. The Labute approximate surface area is 230 Å². The second kappa shape index (κ2) is 25.5. The molecule has 0 bridgehead atoms. The Kier molecular flexibility index (Phi) is 24.3. The summed E-state index contributed by atoms with van der Waals surface area (Å²) >= 11 is 0. The van der Waals surface area contributed by atoms with E-state index in [-0.39, 0.29) is 30.6 Å². The maximum atomic E-state index is 12.6. The van der Waals surface area contributed by atoms with Crippen LogP contribution < -0.4 is 10.6 Å². The molecule has 0 radical (unpaired) electrons. The van der Waals surface area contributed by atoms with Gasteiger partial charge in [-0.2, -0.15) is 0 Å². The van der Waals surface area contributed by atoms with Crippen LogP contribution in [-0.2, 0) is 33.3 Å². The van der Waals surface area contributed by atoms with Crippen molar-refractivity contribution >= 4 is 17.7 Å². The van der Waals surface area contributed by atoms with Crippen LogP contribution in [0.4, 0.5) is 0 Å². The highest BCUT2D eigenvalue weighted by Gasteiger charge is 2.16. The molecule has 10 heteroatoms. The summed E-state index contributed by atoms with van der Waals surface area (Å²) in [6.07, 6.45) is 3.67. The fourth-order valence-corrected chi connectivity index (χ4v) is 3.20. The van der Waals surface area contributed by atoms with Crippen LogP contribution in [0, 0.1) is 11.8 Å². The number of hydrogen-bond donors (Lipinski definition) is 2. The number of carbonyl (C=O) groups excluding carboxylic acids is 3. The van der Waals surface area contributed by atoms with E-state index in [1.165, 1.54) is 0 Å². The molecule has 0 aromatic carbocycles. The fourth-order valence-electron chi connectivity index (χ4n) is 3.20. The minimum absolute atomic E-state index is 0.00844. The Balaban J connectivity index is 3.61. The normalized spacial score (nSPS) is 11.2. The molecule has 0 saturated heterocycles. The molecule has 2 N–H and O–H groups in total. The van der Waals surface area contributed by atoms with Gasteiger partial charge >= 0.3 is 0 Å². The first-order chi connectivity index (χ1) is 18.3. The predicted molar refractivity (Wildman–Crippen MR) is 149 cm³/mol. The van der Waals surface area contributed by atoms with Gasteiger partial charge in [0.15, 0.2) is 0 Å². The van der Waals surface area contributed by atoms with Gasteiger partial charge in [-0.05, 0) is 31.1 Å². The van der Waals surface area contributed by atoms with E-state index in [9.17, 15) is 14.4 Å². The van der Waals surface area contributed by atoms with Gasteiger partial charge in [0.05, 0.1) is 52.9 Å². The average Bonchev–Trinajstić information content (AvgIpc) is 2.87. The third-order valence-electron chi connectivity index (χ3n) is 5.60. The Bertz CT molecular complexity index is 591. The lowest BCUT2D eigenvalue weighted by atomic mass is 10.1. The minimum atomic E-state index is -0.133. The van der Waals surface area contributed by atoms with Gasteiger partial charge in [-0.15, -0.1) is 0 Å². The van der Waals surface area contributed by atoms with E-state index in [4.69, 9.17) is 18.9 Å². The topological polar surface area (TPSA) is 115 Å². The first-order valence-corrected chi connectivity index (χ1v) is 14.4. The van der Waals surface area contributed by atoms with Gasteiger partial charge in [0.1, 0.15) is 0 Å². The second-order valence-corrected chi connectivity index (χ2v) is 10.1. The largest absolute Gasteiger partial charge is 0.379 e. The van der Waals surface area contributed by atoms with Crippen molar-refractivity contribution in [2.45, 2.75) is 73.1 Å². The Morgan fingerprint density at radius 2 is 1.05 bits per heavy atom. The van der Waals surface area contributed by atoms with Crippen LogP contribution in [0.3, 0.4) is 0 Å². The number of rotatable bonds is 26. The minimum Gasteiger partial charge on any atom is -0.379 e. The Morgan fingerprint density at radius 1 is 0.605 bits per heavy atom. The van der Waals surface area contributed by atoms with Gasteiger partial charge < -0.3 is 34.5 Å². The summed E-state index contributed by atoms with van der Waals surface area (Å²) in [5.74, 6) is 1.01. The van der Waals surface area contributed by atoms with Gasteiger partial charge in [0.2, 0.25) is 17.7 Å². The molecule has 0 atom stereocenters. The first kappa shape index (κ1) is 36.2. The number of nitrogens with one attached hydrogen (secondary N) is 2. The number of ether oxygens (including phenoxy) is 4. The summed E-state index contributed by atoms with van der Waals surface area (Å²) in [5.41, 5.74) is 0. The number of amides is 3. The number of hydrogen-bond acceptors (Lipinski definition) is 7. The summed E-state index contributed by atoms with van der Waals surface area (Å²) in [4.78, 5) is 38.0. The second-order valence-electron chi connectivity index (χ2n) is 10.1. The Hall–Kier alpha value is -1.75. The van der Waals surface area contributed by atoms with Crippen LogP contribution in [-0.4, -0.2) is 102 Å². The molecule has 0 fully saturated rings. The standard InChI is InChI=1S/C28H55N3O7/c1-6-12-29-27(33)11-16-35-18-20-37-22-23-38-21-19-36-17-13-30-26(32)7-8-28(34)31(14-9-24(2)3)15-10-25(4)5/h24-25H,6-23H2,1-5H3,(H,29,33)(H,30,32). The van der Waals surface area contributed by atoms with Crippen molar-refractivity contribution in [2.24, 2.45) is 11.8 Å². The highest BCUT2D eigenvalue weighted by molar-refractivity contribution is 5.83. The summed E-state index contributed by atoms with van der Waals surface area (Å²) in [5, 5.41) is 5.60. The van der Waals surface area contributed by atoms with Crippen molar-refractivity contribution in [3.63, 3.8) is 0 Å². The van der Waals surface area contributed by atoms with Crippen LogP contribution in [0.1, 0.15) is 73.1 Å². The van der Waals surface area contributed by atoms with Gasteiger partial charge in [0, 0.05) is 45.4 Å². The predicted octanol–water partition coefficient (Wildman–Crippen LogP) is 2.79. The zero-order valence-electron chi connectivity index (χ0n) is 24.7. The van der Waals surface area contributed by atoms with Crippen molar-refractivity contribution in [2.75, 3.05) is 79.0 Å². The lowest BCUT2D eigenvalue weighted by molar-refractivity contribution is -0.134. The van der Waals surface area contributed by atoms with E-state index in [1.54, 1.807) is 0 Å². The molecule has 3 amide bonds. The molecular formula is C28H55N3O7. The lowest BCUT2D eigenvalue weighted by Gasteiger charge is -2.24. The monoisotopic (exact) mass is 545 g/mol. The molecule has 0 aliphatic carbocycles. The van der Waals surface area contributed by atoms with Crippen molar-refractivity contribution in [1.29, 1.82) is 0 Å². The lowest BCUT2D eigenvalue weighted by Crippen LogP contribution is -2.35. The maximum absolute atomic E-state index is 12.6. The molecule has 38 heavy (non-hydrogen) atoms. The average molecular weight is 546 g/mol. The van der Waals surface area contributed by atoms with E-state index in [0.29, 0.717) is 84.2 Å². The molecule has 0 saturated carbocycles. The zero-order chi connectivity index (χ0) is 28.4. The molecule has 0 aliphatic heterocycles. The summed E-state index contributed by atoms with van der Waals surface area (Å²) in [7, 11) is 0. The SMILES string of the molecule is CCCNC(=O)CCOCCOCCOCCOCCNC(=O)CCC(=O)N(CCC(C)C)CCC(C)C. The molecule has 0 aromatic rings. The number of carbonyl (C=O) groups is 3. The van der Waals surface area contributed by atoms with Crippen molar-refractivity contribution in [1.82, 2.24) is 15.5 Å². The van der Waals surface area contributed by atoms with Crippen LogP contribution in [0.15, 0.2) is 0 Å². The first-order valence-electron chi connectivity index (χ1n) is 14.4. The van der Waals surface area contributed by atoms with E-state index < -0.39 is 0 Å². The maximum Gasteiger partial charge on any atom is 0.223 e. The third-order valence-corrected chi connectivity index (χ3v) is 5.60. The van der Waals surface area contributed by atoms with Gasteiger partial charge in [0.25, 0.3) is 0 Å². The molecular weight excluding hydrogens is 490 g/mol. The summed E-state index contributed by atoms with van der Waals surface area (Å²) < 4.78 is 21.7. The molecule has 0 aliphatic rings. The molecule has 224 valence electrons. The number of nitrogens with zero attached hydrogens (tertiary/aromatic N) is 1. The van der Waals surface area contributed by atoms with Crippen molar-refractivity contribution in [3.8, 4) is 0 Å². The molecule has 0 spiro atoms. The van der Waals surface area contributed by atoms with E-state index >= 15 is 0 Å². The third kappa shape index (κ3) is 24.6. The quantitative estimate of drug-likeness (QED) is 0.161. The van der Waals surface area contributed by atoms with Gasteiger partial charge in [-0.1, -0.05) is 34.6 Å². The van der Waals surface area contributed by atoms with E-state index in [0.717, 1.165) is 32.4 Å². The van der Waals surface area contributed by atoms with Crippen LogP contribution in [0.25, 0.3) is 0 Å². The molecule has 0 rings (SSSR count). The van der Waals surface area contributed by atoms with Crippen molar-refractivity contribution < 1.29 is 33.3 Å². The van der Waals surface area contributed by atoms with Gasteiger partial charge in [-0.25, -0.2) is 0 Å². The molecule has 10 nitrogen and oxygen atoms in total. The molecule has 0 heterocycles. The van der Waals surface area contributed by atoms with Gasteiger partial charge in [-0.3, -0.25) is 14.4 Å². The highest BCUT2D eigenvalue weighted by atomic mass is 16.6. The highest BCUT2D eigenvalue weighted by Crippen LogP contribution is 2.09. The van der Waals surface area contributed by atoms with Crippen LogP contribution >= 0.6 is 0 Å².